The van der Waals surface area contributed by atoms with Gasteiger partial charge in [-0.1, -0.05) is 47.8 Å². The molecule has 2 fully saturated rings. The molecule has 0 spiro atoms. The van der Waals surface area contributed by atoms with Crippen molar-refractivity contribution in [2.45, 2.75) is 58.4 Å². The molecule has 0 radical (unpaired) electrons. The van der Waals surface area contributed by atoms with E-state index in [4.69, 9.17) is 4.52 Å². The molecule has 174 valence electrons. The summed E-state index contributed by atoms with van der Waals surface area (Å²) in [6.45, 7) is 8.66. The number of benzene rings is 1. The third kappa shape index (κ3) is 6.62. The zero-order valence-electron chi connectivity index (χ0n) is 19.4. The highest BCUT2D eigenvalue weighted by atomic mass is 16.5. The first-order valence-corrected chi connectivity index (χ1v) is 12.3. The van der Waals surface area contributed by atoms with E-state index in [9.17, 15) is 4.79 Å². The van der Waals surface area contributed by atoms with Gasteiger partial charge in [-0.15, -0.1) is 0 Å². The van der Waals surface area contributed by atoms with Crippen LogP contribution in [0.5, 0.6) is 0 Å². The maximum atomic E-state index is 12.7. The summed E-state index contributed by atoms with van der Waals surface area (Å²) in [7, 11) is 0. The molecule has 2 aliphatic rings. The minimum absolute atomic E-state index is 0.0430. The van der Waals surface area contributed by atoms with Gasteiger partial charge in [-0.2, -0.15) is 4.98 Å². The van der Waals surface area contributed by atoms with Crippen molar-refractivity contribution in [3.05, 3.63) is 35.7 Å². The lowest BCUT2D eigenvalue weighted by Gasteiger charge is -2.31. The largest absolute Gasteiger partial charge is 0.356 e. The number of amides is 1. The number of hydrogen-bond donors (Lipinski definition) is 1. The summed E-state index contributed by atoms with van der Waals surface area (Å²) in [5, 5.41) is 7.31. The summed E-state index contributed by atoms with van der Waals surface area (Å²) in [6.07, 6.45) is 8.36. The van der Waals surface area contributed by atoms with Crippen LogP contribution >= 0.6 is 0 Å². The summed E-state index contributed by atoms with van der Waals surface area (Å²) >= 11 is 0. The van der Waals surface area contributed by atoms with Crippen LogP contribution in [0.1, 0.15) is 56.4 Å². The number of carbonyl (C=O) groups excluding carboxylic acids is 1. The minimum Gasteiger partial charge on any atom is -0.356 e. The Hall–Kier alpha value is -2.25. The van der Waals surface area contributed by atoms with Gasteiger partial charge in [0.05, 0.1) is 12.5 Å². The Balaban J connectivity index is 1.20. The third-order valence-electron chi connectivity index (χ3n) is 6.66. The van der Waals surface area contributed by atoms with Crippen LogP contribution in [0.4, 0.5) is 0 Å². The molecule has 0 saturated carbocycles. The second-order valence-electron chi connectivity index (χ2n) is 9.35. The van der Waals surface area contributed by atoms with Gasteiger partial charge in [0.15, 0.2) is 0 Å². The fraction of sp³-hybridized carbons (Fsp3) is 0.640. The van der Waals surface area contributed by atoms with Crippen LogP contribution in [-0.2, 0) is 11.3 Å². The Morgan fingerprint density at radius 2 is 1.81 bits per heavy atom. The molecule has 1 aromatic carbocycles. The number of nitrogens with zero attached hydrogens (tertiary/aromatic N) is 4. The standard InChI is InChI=1S/C25H37N5O2/c1-20-9-11-21(12-10-20)24-27-23(32-28-24)19-30-16-6-8-22(18-30)25(31)26-13-7-17-29-14-4-2-3-5-15-29/h9-12,22H,2-8,13-19H2,1H3,(H,26,31). The molecule has 1 aromatic heterocycles. The molecular weight excluding hydrogens is 402 g/mol. The van der Waals surface area contributed by atoms with E-state index >= 15 is 0 Å². The average Bonchev–Trinajstić information content (AvgIpc) is 3.11. The summed E-state index contributed by atoms with van der Waals surface area (Å²) < 4.78 is 5.49. The fourth-order valence-corrected chi connectivity index (χ4v) is 4.76. The zero-order chi connectivity index (χ0) is 22.2. The van der Waals surface area contributed by atoms with Crippen molar-refractivity contribution in [3.8, 4) is 11.4 Å². The maximum Gasteiger partial charge on any atom is 0.241 e. The van der Waals surface area contributed by atoms with Crippen LogP contribution in [0.3, 0.4) is 0 Å². The molecule has 7 nitrogen and oxygen atoms in total. The van der Waals surface area contributed by atoms with Gasteiger partial charge in [0.25, 0.3) is 0 Å². The predicted molar refractivity (Wildman–Crippen MR) is 125 cm³/mol. The first-order chi connectivity index (χ1) is 15.7. The lowest BCUT2D eigenvalue weighted by molar-refractivity contribution is -0.126. The van der Waals surface area contributed by atoms with Crippen LogP contribution in [0.15, 0.2) is 28.8 Å². The summed E-state index contributed by atoms with van der Waals surface area (Å²) in [4.78, 5) is 22.1. The summed E-state index contributed by atoms with van der Waals surface area (Å²) in [5.74, 6) is 1.47. The fourth-order valence-electron chi connectivity index (χ4n) is 4.76. The monoisotopic (exact) mass is 439 g/mol. The molecule has 1 N–H and O–H groups in total. The van der Waals surface area contributed by atoms with Crippen molar-refractivity contribution >= 4 is 5.91 Å². The summed E-state index contributed by atoms with van der Waals surface area (Å²) in [6, 6.07) is 8.12. The highest BCUT2D eigenvalue weighted by Crippen LogP contribution is 2.21. The van der Waals surface area contributed by atoms with E-state index in [2.05, 4.69) is 32.2 Å². The number of carbonyl (C=O) groups is 1. The molecular formula is C25H37N5O2. The van der Waals surface area contributed by atoms with Gasteiger partial charge in [0.2, 0.25) is 17.6 Å². The maximum absolute atomic E-state index is 12.7. The number of nitrogens with one attached hydrogen (secondary N) is 1. The van der Waals surface area contributed by atoms with Gasteiger partial charge >= 0.3 is 0 Å². The van der Waals surface area contributed by atoms with Crippen LogP contribution in [0, 0.1) is 12.8 Å². The lowest BCUT2D eigenvalue weighted by atomic mass is 9.97. The van der Waals surface area contributed by atoms with Crippen LogP contribution in [-0.4, -0.2) is 65.1 Å². The van der Waals surface area contributed by atoms with Crippen molar-refractivity contribution in [3.63, 3.8) is 0 Å². The van der Waals surface area contributed by atoms with E-state index in [1.165, 1.54) is 44.3 Å². The molecule has 1 atom stereocenters. The quantitative estimate of drug-likeness (QED) is 0.633. The molecule has 0 bridgehead atoms. The normalized spacial score (nSPS) is 20.7. The molecule has 3 heterocycles. The highest BCUT2D eigenvalue weighted by Gasteiger charge is 2.26. The molecule has 1 amide bonds. The first kappa shape index (κ1) is 22.9. The van der Waals surface area contributed by atoms with Gasteiger partial charge in [-0.25, -0.2) is 0 Å². The topological polar surface area (TPSA) is 74.5 Å². The number of likely N-dealkylation sites (tertiary alicyclic amines) is 2. The van der Waals surface area contributed by atoms with Crippen LogP contribution in [0.25, 0.3) is 11.4 Å². The number of hydrogen-bond acceptors (Lipinski definition) is 6. The molecule has 1 unspecified atom stereocenters. The predicted octanol–water partition coefficient (Wildman–Crippen LogP) is 3.64. The minimum atomic E-state index is 0.0430. The van der Waals surface area contributed by atoms with Gasteiger partial charge in [-0.3, -0.25) is 9.69 Å². The number of piperidine rings is 1. The Kier molecular flexibility index (Phi) is 8.29. The van der Waals surface area contributed by atoms with Gasteiger partial charge in [0, 0.05) is 18.7 Å². The second kappa shape index (κ2) is 11.6. The molecule has 2 aliphatic heterocycles. The van der Waals surface area contributed by atoms with Crippen molar-refractivity contribution in [1.82, 2.24) is 25.3 Å². The second-order valence-corrected chi connectivity index (χ2v) is 9.35. The number of aromatic nitrogens is 2. The van der Waals surface area contributed by atoms with Crippen LogP contribution < -0.4 is 5.32 Å². The van der Waals surface area contributed by atoms with Crippen molar-refractivity contribution < 1.29 is 9.32 Å². The van der Waals surface area contributed by atoms with Crippen molar-refractivity contribution in [2.24, 2.45) is 5.92 Å². The molecule has 2 saturated heterocycles. The Bertz CT molecular complexity index is 842. The van der Waals surface area contributed by atoms with E-state index < -0.39 is 0 Å². The smallest absolute Gasteiger partial charge is 0.241 e. The van der Waals surface area contributed by atoms with E-state index in [-0.39, 0.29) is 11.8 Å². The lowest BCUT2D eigenvalue weighted by Crippen LogP contribution is -2.43. The zero-order valence-corrected chi connectivity index (χ0v) is 19.4. The Morgan fingerprint density at radius 1 is 1.06 bits per heavy atom. The first-order valence-electron chi connectivity index (χ1n) is 12.3. The van der Waals surface area contributed by atoms with Crippen molar-refractivity contribution in [2.75, 3.05) is 39.3 Å². The van der Waals surface area contributed by atoms with Gasteiger partial charge < -0.3 is 14.7 Å². The van der Waals surface area contributed by atoms with E-state index in [1.807, 2.05) is 24.3 Å². The molecule has 0 aliphatic carbocycles. The average molecular weight is 440 g/mol. The Labute approximate surface area is 191 Å². The van der Waals surface area contributed by atoms with Gasteiger partial charge in [-0.05, 0) is 65.2 Å². The number of rotatable bonds is 8. The van der Waals surface area contributed by atoms with E-state index in [1.54, 1.807) is 0 Å². The van der Waals surface area contributed by atoms with E-state index in [0.717, 1.165) is 51.0 Å². The highest BCUT2D eigenvalue weighted by molar-refractivity contribution is 5.78. The van der Waals surface area contributed by atoms with Crippen LogP contribution in [0.2, 0.25) is 0 Å². The molecule has 32 heavy (non-hydrogen) atoms. The summed E-state index contributed by atoms with van der Waals surface area (Å²) in [5.41, 5.74) is 2.17. The third-order valence-corrected chi connectivity index (χ3v) is 6.66. The van der Waals surface area contributed by atoms with Gasteiger partial charge in [0.1, 0.15) is 0 Å². The molecule has 7 heteroatoms. The molecule has 4 rings (SSSR count). The van der Waals surface area contributed by atoms with Crippen molar-refractivity contribution in [1.29, 1.82) is 0 Å². The SMILES string of the molecule is Cc1ccc(-c2noc(CN3CCCC(C(=O)NCCCN4CCCCCC4)C3)n2)cc1. The Morgan fingerprint density at radius 3 is 2.59 bits per heavy atom. The molecule has 2 aromatic rings. The number of aryl methyl sites for hydroxylation is 1. The van der Waals surface area contributed by atoms with E-state index in [0.29, 0.717) is 18.3 Å².